The van der Waals surface area contributed by atoms with Crippen molar-refractivity contribution >= 4 is 57.1 Å². The highest BCUT2D eigenvalue weighted by Gasteiger charge is 2.33. The molecule has 1 amide bonds. The largest absolute Gasteiger partial charge is 0.355 e. The lowest BCUT2D eigenvalue weighted by atomic mass is 10.1. The molecule has 1 unspecified atom stereocenters. The maximum absolute atomic E-state index is 13.5. The second-order valence-electron chi connectivity index (χ2n) is 9.56. The molecule has 0 radical (unpaired) electrons. The summed E-state index contributed by atoms with van der Waals surface area (Å²) in [5.74, 6) is -0.167. The minimum absolute atomic E-state index is 0.167. The molecule has 10 heteroatoms. The van der Waals surface area contributed by atoms with Gasteiger partial charge in [-0.25, -0.2) is 10.4 Å². The standard InChI is InChI=1S/C25H27Cl2N7O/c1-31-8-4-5-16(13-31)34-12-15(10-29-34)21-9-17-22-18(11-28-24(17)30-21)25(35)33(14-32(22)2)23-19(26)6-3-7-20(23)27/h3,6-7,9,11-12,16,29H,4-5,8,10,13-14H2,1-2H3,(H,28,30). The minimum atomic E-state index is -0.167. The first-order valence-electron chi connectivity index (χ1n) is 11.8. The third kappa shape index (κ3) is 3.85. The summed E-state index contributed by atoms with van der Waals surface area (Å²) < 4.78 is 0. The molecular weight excluding hydrogens is 485 g/mol. The van der Waals surface area contributed by atoms with E-state index in [2.05, 4.69) is 44.6 Å². The number of hydrazine groups is 1. The third-order valence-corrected chi connectivity index (χ3v) is 7.74. The van der Waals surface area contributed by atoms with Crippen LogP contribution in [0.3, 0.4) is 0 Å². The maximum atomic E-state index is 13.5. The Labute approximate surface area is 214 Å². The molecule has 2 aromatic heterocycles. The number of halogens is 2. The number of aromatic amines is 1. The first-order chi connectivity index (χ1) is 16.9. The van der Waals surface area contributed by atoms with Crippen molar-refractivity contribution < 1.29 is 4.79 Å². The van der Waals surface area contributed by atoms with Crippen LogP contribution in [0.4, 0.5) is 11.4 Å². The van der Waals surface area contributed by atoms with Crippen molar-refractivity contribution in [3.63, 3.8) is 0 Å². The fourth-order valence-electron chi connectivity index (χ4n) is 5.41. The molecule has 1 saturated heterocycles. The predicted molar refractivity (Wildman–Crippen MR) is 141 cm³/mol. The fraction of sp³-hybridized carbons (Fsp3) is 0.360. The maximum Gasteiger partial charge on any atom is 0.263 e. The van der Waals surface area contributed by atoms with E-state index in [4.69, 9.17) is 23.2 Å². The van der Waals surface area contributed by atoms with Crippen LogP contribution in [0.5, 0.6) is 0 Å². The number of benzene rings is 1. The van der Waals surface area contributed by atoms with Gasteiger partial charge in [0.25, 0.3) is 5.91 Å². The van der Waals surface area contributed by atoms with Gasteiger partial charge in [-0.1, -0.05) is 29.3 Å². The van der Waals surface area contributed by atoms with Gasteiger partial charge in [0, 0.05) is 49.2 Å². The van der Waals surface area contributed by atoms with E-state index in [9.17, 15) is 4.79 Å². The van der Waals surface area contributed by atoms with E-state index >= 15 is 0 Å². The van der Waals surface area contributed by atoms with Crippen LogP contribution in [-0.4, -0.2) is 72.2 Å². The van der Waals surface area contributed by atoms with Gasteiger partial charge in [-0.15, -0.1) is 0 Å². The number of H-pyrrole nitrogens is 1. The Kier molecular flexibility index (Phi) is 5.64. The molecule has 5 heterocycles. The normalized spacial score (nSPS) is 21.1. The van der Waals surface area contributed by atoms with Gasteiger partial charge in [0.1, 0.15) is 5.65 Å². The van der Waals surface area contributed by atoms with Crippen LogP contribution in [0.15, 0.2) is 36.7 Å². The molecule has 0 bridgehead atoms. The van der Waals surface area contributed by atoms with Gasteiger partial charge in [-0.05, 0) is 44.6 Å². The number of rotatable bonds is 3. The van der Waals surface area contributed by atoms with Gasteiger partial charge in [-0.3, -0.25) is 9.69 Å². The molecule has 1 atom stereocenters. The fourth-order valence-corrected chi connectivity index (χ4v) is 6.02. The number of aromatic nitrogens is 2. The van der Waals surface area contributed by atoms with Crippen molar-refractivity contribution in [3.8, 4) is 0 Å². The molecule has 0 spiro atoms. The van der Waals surface area contributed by atoms with Gasteiger partial charge < -0.3 is 19.8 Å². The number of fused-ring (bicyclic) bond motifs is 3. The minimum Gasteiger partial charge on any atom is -0.355 e. The summed E-state index contributed by atoms with van der Waals surface area (Å²) in [4.78, 5) is 27.6. The average molecular weight is 512 g/mol. The number of pyridine rings is 1. The number of amides is 1. The lowest BCUT2D eigenvalue weighted by Crippen LogP contribution is -2.48. The topological polar surface area (TPSA) is 70.7 Å². The number of hydrogen-bond acceptors (Lipinski definition) is 6. The van der Waals surface area contributed by atoms with Crippen molar-refractivity contribution in [1.82, 2.24) is 25.3 Å². The number of para-hydroxylation sites is 1. The molecule has 35 heavy (non-hydrogen) atoms. The van der Waals surface area contributed by atoms with Crippen LogP contribution in [-0.2, 0) is 0 Å². The molecule has 8 nitrogen and oxygen atoms in total. The summed E-state index contributed by atoms with van der Waals surface area (Å²) in [5, 5.41) is 4.06. The smallest absolute Gasteiger partial charge is 0.263 e. The number of nitrogens with zero attached hydrogens (tertiary/aromatic N) is 5. The second kappa shape index (κ2) is 8.71. The van der Waals surface area contributed by atoms with Crippen LogP contribution in [0, 0.1) is 0 Å². The molecule has 3 aliphatic heterocycles. The Morgan fingerprint density at radius 2 is 1.94 bits per heavy atom. The summed E-state index contributed by atoms with van der Waals surface area (Å²) in [5.41, 5.74) is 8.39. The average Bonchev–Trinajstić information content (AvgIpc) is 3.49. The van der Waals surface area contributed by atoms with Crippen LogP contribution < -0.4 is 15.2 Å². The van der Waals surface area contributed by atoms with Crippen molar-refractivity contribution in [2.24, 2.45) is 0 Å². The van der Waals surface area contributed by atoms with E-state index in [1.165, 1.54) is 18.4 Å². The van der Waals surface area contributed by atoms with E-state index in [-0.39, 0.29) is 5.91 Å². The third-order valence-electron chi connectivity index (χ3n) is 7.13. The molecule has 0 saturated carbocycles. The summed E-state index contributed by atoms with van der Waals surface area (Å²) in [6, 6.07) is 7.82. The van der Waals surface area contributed by atoms with Crippen LogP contribution in [0.25, 0.3) is 16.6 Å². The van der Waals surface area contributed by atoms with Gasteiger partial charge >= 0.3 is 0 Å². The van der Waals surface area contributed by atoms with Gasteiger partial charge in [-0.2, -0.15) is 0 Å². The van der Waals surface area contributed by atoms with E-state index in [0.717, 1.165) is 42.0 Å². The van der Waals surface area contributed by atoms with Gasteiger partial charge in [0.15, 0.2) is 0 Å². The predicted octanol–water partition coefficient (Wildman–Crippen LogP) is 4.18. The number of hydrogen-bond donors (Lipinski definition) is 2. The van der Waals surface area contributed by atoms with E-state index in [0.29, 0.717) is 34.0 Å². The van der Waals surface area contributed by atoms with Crippen molar-refractivity contribution in [1.29, 1.82) is 0 Å². The molecule has 182 valence electrons. The number of carbonyl (C=O) groups is 1. The number of carbonyl (C=O) groups excluding carboxylic acids is 1. The van der Waals surface area contributed by atoms with E-state index in [1.807, 2.05) is 11.9 Å². The zero-order valence-electron chi connectivity index (χ0n) is 19.7. The summed E-state index contributed by atoms with van der Waals surface area (Å²) in [6.45, 7) is 3.30. The van der Waals surface area contributed by atoms with Crippen LogP contribution in [0.2, 0.25) is 10.0 Å². The monoisotopic (exact) mass is 511 g/mol. The Morgan fingerprint density at radius 1 is 1.14 bits per heavy atom. The summed E-state index contributed by atoms with van der Waals surface area (Å²) in [7, 11) is 4.14. The number of anilines is 2. The molecular formula is C25H27Cl2N7O. The van der Waals surface area contributed by atoms with Crippen LogP contribution in [0.1, 0.15) is 28.9 Å². The van der Waals surface area contributed by atoms with E-state index in [1.54, 1.807) is 29.3 Å². The SMILES string of the molecule is CN1CCCC(N2C=C(c3cc4c5c(cnc4[nH]3)C(=O)N(c3c(Cl)cccc3Cl)CN5C)CN2)C1. The first-order valence-corrected chi connectivity index (χ1v) is 12.6. The number of likely N-dealkylation sites (N-methyl/N-ethyl adjacent to an activating group) is 1. The Bertz CT molecular complexity index is 1330. The lowest BCUT2D eigenvalue weighted by Gasteiger charge is -2.36. The molecule has 6 rings (SSSR count). The molecule has 2 N–H and O–H groups in total. The Morgan fingerprint density at radius 3 is 2.71 bits per heavy atom. The quantitative estimate of drug-likeness (QED) is 0.549. The molecule has 1 aromatic carbocycles. The van der Waals surface area contributed by atoms with Crippen molar-refractivity contribution in [2.45, 2.75) is 18.9 Å². The first kappa shape index (κ1) is 22.7. The zero-order valence-corrected chi connectivity index (χ0v) is 21.2. The summed E-state index contributed by atoms with van der Waals surface area (Å²) >= 11 is 12.8. The number of nitrogens with one attached hydrogen (secondary N) is 2. The Hall–Kier alpha value is -2.78. The molecule has 3 aliphatic rings. The van der Waals surface area contributed by atoms with Crippen molar-refractivity contribution in [3.05, 3.63) is 58.0 Å². The lowest BCUT2D eigenvalue weighted by molar-refractivity contribution is 0.0982. The highest BCUT2D eigenvalue weighted by Crippen LogP contribution is 2.40. The van der Waals surface area contributed by atoms with Gasteiger partial charge in [0.05, 0.1) is 39.7 Å². The number of likely N-dealkylation sites (tertiary alicyclic amines) is 1. The van der Waals surface area contributed by atoms with Crippen LogP contribution >= 0.6 is 23.2 Å². The van der Waals surface area contributed by atoms with Crippen molar-refractivity contribution in [2.75, 3.05) is 50.2 Å². The number of piperidine rings is 1. The highest BCUT2D eigenvalue weighted by atomic mass is 35.5. The molecule has 1 fully saturated rings. The molecule has 0 aliphatic carbocycles. The zero-order chi connectivity index (χ0) is 24.3. The van der Waals surface area contributed by atoms with E-state index < -0.39 is 0 Å². The second-order valence-corrected chi connectivity index (χ2v) is 10.4. The summed E-state index contributed by atoms with van der Waals surface area (Å²) in [6.07, 6.45) is 6.24. The van der Waals surface area contributed by atoms with Gasteiger partial charge in [0.2, 0.25) is 0 Å². The molecule has 3 aromatic rings. The Balaban J connectivity index is 1.34. The highest BCUT2D eigenvalue weighted by molar-refractivity contribution is 6.40.